The van der Waals surface area contributed by atoms with E-state index in [9.17, 15) is 9.59 Å². The molecule has 134 valence electrons. The van der Waals surface area contributed by atoms with Crippen molar-refractivity contribution in [2.24, 2.45) is 0 Å². The quantitative estimate of drug-likeness (QED) is 0.563. The summed E-state index contributed by atoms with van der Waals surface area (Å²) < 4.78 is 0.553. The number of anilines is 1. The van der Waals surface area contributed by atoms with Crippen LogP contribution in [0.5, 0.6) is 0 Å². The maximum atomic E-state index is 12.5. The number of carbonyl (C=O) groups is 2. The summed E-state index contributed by atoms with van der Waals surface area (Å²) in [5.74, 6) is -0.138. The Labute approximate surface area is 166 Å². The molecule has 26 heavy (non-hydrogen) atoms. The van der Waals surface area contributed by atoms with Gasteiger partial charge < -0.3 is 5.32 Å². The van der Waals surface area contributed by atoms with E-state index in [4.69, 9.17) is 12.2 Å². The molecule has 2 amide bonds. The molecule has 0 unspecified atom stereocenters. The fourth-order valence-corrected chi connectivity index (χ4v) is 4.48. The van der Waals surface area contributed by atoms with Crippen molar-refractivity contribution in [3.05, 3.63) is 57.1 Å². The summed E-state index contributed by atoms with van der Waals surface area (Å²) in [6, 6.07) is 11.6. The number of nitrogens with one attached hydrogen (secondary N) is 1. The standard InChI is InChI=1S/C19H18N2O2S3/c1-13-6-8-14(9-7-13)20-17(22)5-2-10-21-18(23)16(26-19(21)24)12-15-4-3-11-25-15/h3-4,6-9,11-12H,2,5,10H2,1H3,(H,20,22)/b16-12+. The fourth-order valence-electron chi connectivity index (χ4n) is 2.45. The van der Waals surface area contributed by atoms with Crippen LogP contribution in [0.3, 0.4) is 0 Å². The van der Waals surface area contributed by atoms with Crippen molar-refractivity contribution in [3.63, 3.8) is 0 Å². The van der Waals surface area contributed by atoms with Crippen LogP contribution < -0.4 is 5.32 Å². The molecule has 1 aliphatic heterocycles. The molecule has 3 rings (SSSR count). The van der Waals surface area contributed by atoms with Crippen LogP contribution in [0.25, 0.3) is 6.08 Å². The number of hydrogen-bond acceptors (Lipinski definition) is 5. The predicted molar refractivity (Wildman–Crippen MR) is 113 cm³/mol. The molecule has 1 aromatic heterocycles. The second-order valence-corrected chi connectivity index (χ2v) is 8.52. The van der Waals surface area contributed by atoms with Crippen molar-refractivity contribution >= 4 is 63.2 Å². The highest BCUT2D eigenvalue weighted by Gasteiger charge is 2.31. The molecule has 1 aromatic carbocycles. The van der Waals surface area contributed by atoms with Gasteiger partial charge in [-0.2, -0.15) is 0 Å². The number of rotatable bonds is 6. The molecule has 1 fully saturated rings. The Balaban J connectivity index is 1.50. The number of carbonyl (C=O) groups excluding carboxylic acids is 2. The molecule has 1 N–H and O–H groups in total. The Morgan fingerprint density at radius 3 is 2.73 bits per heavy atom. The minimum Gasteiger partial charge on any atom is -0.326 e. The van der Waals surface area contributed by atoms with Crippen molar-refractivity contribution in [2.75, 3.05) is 11.9 Å². The van der Waals surface area contributed by atoms with E-state index in [0.717, 1.165) is 16.1 Å². The minimum absolute atomic E-state index is 0.0616. The number of benzene rings is 1. The van der Waals surface area contributed by atoms with Crippen LogP contribution in [0.1, 0.15) is 23.3 Å². The van der Waals surface area contributed by atoms with E-state index in [1.807, 2.05) is 54.8 Å². The largest absolute Gasteiger partial charge is 0.326 e. The van der Waals surface area contributed by atoms with Crippen molar-refractivity contribution in [2.45, 2.75) is 19.8 Å². The Morgan fingerprint density at radius 1 is 1.27 bits per heavy atom. The van der Waals surface area contributed by atoms with Gasteiger partial charge in [-0.25, -0.2) is 0 Å². The lowest BCUT2D eigenvalue weighted by Crippen LogP contribution is -2.29. The topological polar surface area (TPSA) is 49.4 Å². The lowest BCUT2D eigenvalue weighted by atomic mass is 10.2. The van der Waals surface area contributed by atoms with Gasteiger partial charge in [0.05, 0.1) is 4.91 Å². The zero-order chi connectivity index (χ0) is 18.5. The average Bonchev–Trinajstić information content (AvgIpc) is 3.21. The average molecular weight is 403 g/mol. The molecule has 2 heterocycles. The third-order valence-electron chi connectivity index (χ3n) is 3.81. The monoisotopic (exact) mass is 402 g/mol. The Bertz CT molecular complexity index is 842. The van der Waals surface area contributed by atoms with E-state index >= 15 is 0 Å². The maximum absolute atomic E-state index is 12.5. The van der Waals surface area contributed by atoms with Gasteiger partial charge in [0.1, 0.15) is 4.32 Å². The Morgan fingerprint density at radius 2 is 2.04 bits per heavy atom. The molecule has 0 radical (unpaired) electrons. The zero-order valence-corrected chi connectivity index (χ0v) is 16.7. The first kappa shape index (κ1) is 18.8. The van der Waals surface area contributed by atoms with Gasteiger partial charge in [-0.1, -0.05) is 47.7 Å². The van der Waals surface area contributed by atoms with E-state index in [1.165, 1.54) is 11.8 Å². The number of thiocarbonyl (C=S) groups is 1. The van der Waals surface area contributed by atoms with Gasteiger partial charge in [0.15, 0.2) is 0 Å². The molecule has 0 saturated carbocycles. The number of amides is 2. The Kier molecular flexibility index (Phi) is 6.24. The SMILES string of the molecule is Cc1ccc(NC(=O)CCCN2C(=O)/C(=C\c3cccs3)SC2=S)cc1. The van der Waals surface area contributed by atoms with E-state index in [-0.39, 0.29) is 11.8 Å². The molecule has 0 aliphatic carbocycles. The van der Waals surface area contributed by atoms with Gasteiger partial charge in [-0.05, 0) is 43.0 Å². The van der Waals surface area contributed by atoms with Crippen LogP contribution >= 0.6 is 35.3 Å². The lowest BCUT2D eigenvalue weighted by Gasteiger charge is -2.14. The van der Waals surface area contributed by atoms with E-state index in [0.29, 0.717) is 28.6 Å². The van der Waals surface area contributed by atoms with Gasteiger partial charge >= 0.3 is 0 Å². The molecule has 4 nitrogen and oxygen atoms in total. The summed E-state index contributed by atoms with van der Waals surface area (Å²) in [7, 11) is 0. The smallest absolute Gasteiger partial charge is 0.266 e. The van der Waals surface area contributed by atoms with E-state index in [1.54, 1.807) is 16.2 Å². The van der Waals surface area contributed by atoms with Gasteiger partial charge in [0, 0.05) is 23.5 Å². The first-order chi connectivity index (χ1) is 12.5. The predicted octanol–water partition coefficient (Wildman–Crippen LogP) is 4.68. The van der Waals surface area contributed by atoms with Crippen LogP contribution in [-0.2, 0) is 9.59 Å². The van der Waals surface area contributed by atoms with Crippen molar-refractivity contribution in [1.82, 2.24) is 4.90 Å². The van der Waals surface area contributed by atoms with Crippen LogP contribution in [0.15, 0.2) is 46.7 Å². The maximum Gasteiger partial charge on any atom is 0.266 e. The molecular weight excluding hydrogens is 384 g/mol. The molecule has 7 heteroatoms. The highest BCUT2D eigenvalue weighted by atomic mass is 32.2. The lowest BCUT2D eigenvalue weighted by molar-refractivity contribution is -0.122. The summed E-state index contributed by atoms with van der Waals surface area (Å²) in [4.78, 5) is 27.8. The Hall–Kier alpha value is -1.96. The summed E-state index contributed by atoms with van der Waals surface area (Å²) in [6.07, 6.45) is 2.78. The van der Waals surface area contributed by atoms with Crippen molar-refractivity contribution in [3.8, 4) is 0 Å². The number of hydrogen-bond donors (Lipinski definition) is 1. The summed E-state index contributed by atoms with van der Waals surface area (Å²) in [5.41, 5.74) is 1.93. The fraction of sp³-hybridized carbons (Fsp3) is 0.211. The van der Waals surface area contributed by atoms with E-state index < -0.39 is 0 Å². The van der Waals surface area contributed by atoms with Crippen LogP contribution in [0.4, 0.5) is 5.69 Å². The van der Waals surface area contributed by atoms with E-state index in [2.05, 4.69) is 5.32 Å². The molecular formula is C19H18N2O2S3. The molecule has 1 saturated heterocycles. The molecule has 0 bridgehead atoms. The first-order valence-corrected chi connectivity index (χ1v) is 10.3. The number of thioether (sulfide) groups is 1. The highest BCUT2D eigenvalue weighted by Crippen LogP contribution is 2.33. The second-order valence-electron chi connectivity index (χ2n) is 5.87. The minimum atomic E-state index is -0.0765. The first-order valence-electron chi connectivity index (χ1n) is 8.18. The van der Waals surface area contributed by atoms with Crippen LogP contribution in [0.2, 0.25) is 0 Å². The molecule has 0 atom stereocenters. The molecule has 2 aromatic rings. The molecule has 1 aliphatic rings. The number of nitrogens with zero attached hydrogens (tertiary/aromatic N) is 1. The van der Waals surface area contributed by atoms with Gasteiger partial charge in [-0.15, -0.1) is 11.3 Å². The van der Waals surface area contributed by atoms with Crippen molar-refractivity contribution < 1.29 is 9.59 Å². The number of aryl methyl sites for hydroxylation is 1. The van der Waals surface area contributed by atoms with Crippen LogP contribution in [0, 0.1) is 6.92 Å². The molecule has 0 spiro atoms. The second kappa shape index (κ2) is 8.62. The summed E-state index contributed by atoms with van der Waals surface area (Å²) in [5, 5.41) is 4.84. The summed E-state index contributed by atoms with van der Waals surface area (Å²) in [6.45, 7) is 2.45. The summed E-state index contributed by atoms with van der Waals surface area (Å²) >= 11 is 8.22. The third kappa shape index (κ3) is 4.81. The van der Waals surface area contributed by atoms with Gasteiger partial charge in [0.25, 0.3) is 5.91 Å². The van der Waals surface area contributed by atoms with Gasteiger partial charge in [-0.3, -0.25) is 14.5 Å². The normalized spacial score (nSPS) is 15.7. The van der Waals surface area contributed by atoms with Gasteiger partial charge in [0.2, 0.25) is 5.91 Å². The van der Waals surface area contributed by atoms with Crippen molar-refractivity contribution in [1.29, 1.82) is 0 Å². The zero-order valence-electron chi connectivity index (χ0n) is 14.2. The number of thiophene rings is 1. The highest BCUT2D eigenvalue weighted by molar-refractivity contribution is 8.26. The third-order valence-corrected chi connectivity index (χ3v) is 6.01. The van der Waals surface area contributed by atoms with Crippen LogP contribution in [-0.4, -0.2) is 27.6 Å².